The van der Waals surface area contributed by atoms with Gasteiger partial charge in [0, 0.05) is 6.54 Å². The molecule has 0 rings (SSSR count). The molecule has 0 aromatic heterocycles. The van der Waals surface area contributed by atoms with E-state index in [1.54, 1.807) is 13.8 Å². The molecular weight excluding hydrogens is 258 g/mol. The molecule has 0 atom stereocenters. The van der Waals surface area contributed by atoms with E-state index < -0.39 is 17.5 Å². The molecule has 0 aromatic carbocycles. The lowest BCUT2D eigenvalue weighted by Gasteiger charge is -2.28. The molecule has 2 amide bonds. The smallest absolute Gasteiger partial charge is 0.329 e. The van der Waals surface area contributed by atoms with Gasteiger partial charge in [0.25, 0.3) is 0 Å². The van der Waals surface area contributed by atoms with Crippen LogP contribution < -0.4 is 10.6 Å². The zero-order valence-corrected chi connectivity index (χ0v) is 13.2. The van der Waals surface area contributed by atoms with E-state index in [2.05, 4.69) is 29.4 Å². The summed E-state index contributed by atoms with van der Waals surface area (Å²) in [4.78, 5) is 25.3. The number of carbonyl (C=O) groups excluding carboxylic acids is 1. The number of aliphatic carboxylic acids is 1. The Hall–Kier alpha value is -1.30. The lowest BCUT2D eigenvalue weighted by molar-refractivity contribution is -0.144. The van der Waals surface area contributed by atoms with E-state index in [0.29, 0.717) is 19.4 Å². The zero-order chi connectivity index (χ0) is 15.6. The number of hydrogen-bond acceptors (Lipinski definition) is 3. The van der Waals surface area contributed by atoms with Crippen LogP contribution in [0, 0.1) is 0 Å². The maximum Gasteiger partial charge on any atom is 0.329 e. The van der Waals surface area contributed by atoms with Crippen LogP contribution in [-0.2, 0) is 4.79 Å². The van der Waals surface area contributed by atoms with E-state index in [9.17, 15) is 14.7 Å². The van der Waals surface area contributed by atoms with Crippen LogP contribution in [-0.4, -0.2) is 53.7 Å². The van der Waals surface area contributed by atoms with Gasteiger partial charge in [-0.25, -0.2) is 9.59 Å². The fourth-order valence-corrected chi connectivity index (χ4v) is 2.09. The molecule has 0 fully saturated rings. The highest BCUT2D eigenvalue weighted by Gasteiger charge is 2.36. The van der Waals surface area contributed by atoms with Gasteiger partial charge in [-0.05, 0) is 38.9 Å². The maximum atomic E-state index is 11.8. The molecule has 0 aliphatic heterocycles. The van der Waals surface area contributed by atoms with Crippen LogP contribution in [0.2, 0.25) is 0 Å². The van der Waals surface area contributed by atoms with Gasteiger partial charge in [0.2, 0.25) is 0 Å². The number of carboxylic acids is 1. The van der Waals surface area contributed by atoms with Gasteiger partial charge >= 0.3 is 12.0 Å². The van der Waals surface area contributed by atoms with Gasteiger partial charge in [0.15, 0.2) is 0 Å². The lowest BCUT2D eigenvalue weighted by Crippen LogP contribution is -2.56. The van der Waals surface area contributed by atoms with E-state index in [-0.39, 0.29) is 0 Å². The number of nitrogens with zero attached hydrogens (tertiary/aromatic N) is 1. The second-order valence-corrected chi connectivity index (χ2v) is 4.86. The van der Waals surface area contributed by atoms with Crippen LogP contribution in [0.25, 0.3) is 0 Å². The van der Waals surface area contributed by atoms with Crippen molar-refractivity contribution >= 4 is 12.0 Å². The highest BCUT2D eigenvalue weighted by Crippen LogP contribution is 2.15. The molecule has 0 aliphatic rings. The van der Waals surface area contributed by atoms with Crippen molar-refractivity contribution in [3.8, 4) is 0 Å². The van der Waals surface area contributed by atoms with E-state index >= 15 is 0 Å². The van der Waals surface area contributed by atoms with Crippen molar-refractivity contribution < 1.29 is 14.7 Å². The van der Waals surface area contributed by atoms with Gasteiger partial charge < -0.3 is 20.6 Å². The molecular formula is C14H29N3O3. The Labute approximate surface area is 121 Å². The van der Waals surface area contributed by atoms with E-state index in [0.717, 1.165) is 26.1 Å². The highest BCUT2D eigenvalue weighted by molar-refractivity contribution is 5.86. The van der Waals surface area contributed by atoms with Crippen LogP contribution in [0.5, 0.6) is 0 Å². The van der Waals surface area contributed by atoms with E-state index in [1.807, 2.05) is 0 Å². The van der Waals surface area contributed by atoms with Crippen molar-refractivity contribution in [2.24, 2.45) is 0 Å². The zero-order valence-electron chi connectivity index (χ0n) is 13.2. The molecule has 6 nitrogen and oxygen atoms in total. The monoisotopic (exact) mass is 287 g/mol. The fraction of sp³-hybridized carbons (Fsp3) is 0.857. The van der Waals surface area contributed by atoms with E-state index in [1.165, 1.54) is 0 Å². The molecule has 0 bridgehead atoms. The molecule has 0 aliphatic carbocycles. The predicted molar refractivity (Wildman–Crippen MR) is 79.9 cm³/mol. The average Bonchev–Trinajstić information content (AvgIpc) is 2.44. The van der Waals surface area contributed by atoms with Gasteiger partial charge in [-0.1, -0.05) is 27.7 Å². The van der Waals surface area contributed by atoms with Crippen molar-refractivity contribution in [2.45, 2.75) is 52.5 Å². The number of rotatable bonds is 10. The summed E-state index contributed by atoms with van der Waals surface area (Å²) in [5, 5.41) is 14.5. The quantitative estimate of drug-likeness (QED) is 0.534. The summed E-state index contributed by atoms with van der Waals surface area (Å²) >= 11 is 0. The van der Waals surface area contributed by atoms with Crippen LogP contribution in [0.4, 0.5) is 4.79 Å². The minimum atomic E-state index is -1.16. The fourth-order valence-electron chi connectivity index (χ4n) is 2.09. The van der Waals surface area contributed by atoms with Crippen molar-refractivity contribution in [2.75, 3.05) is 26.2 Å². The Morgan fingerprint density at radius 3 is 2.05 bits per heavy atom. The van der Waals surface area contributed by atoms with Gasteiger partial charge in [-0.15, -0.1) is 0 Å². The molecule has 0 radical (unpaired) electrons. The highest BCUT2D eigenvalue weighted by atomic mass is 16.4. The molecule has 0 saturated carbocycles. The van der Waals surface area contributed by atoms with Gasteiger partial charge in [0.05, 0.1) is 0 Å². The SMILES string of the molecule is CCN(CC)CCCNC(=O)NC(CC)(CC)C(=O)O. The Kier molecular flexibility index (Phi) is 8.96. The molecule has 0 aromatic rings. The van der Waals surface area contributed by atoms with E-state index in [4.69, 9.17) is 0 Å². The summed E-state index contributed by atoms with van der Waals surface area (Å²) < 4.78 is 0. The van der Waals surface area contributed by atoms with Crippen LogP contribution in [0.15, 0.2) is 0 Å². The number of carbonyl (C=O) groups is 2. The Morgan fingerprint density at radius 2 is 1.65 bits per heavy atom. The molecule has 0 heterocycles. The van der Waals surface area contributed by atoms with Crippen LogP contribution >= 0.6 is 0 Å². The molecule has 3 N–H and O–H groups in total. The van der Waals surface area contributed by atoms with Gasteiger partial charge in [0.1, 0.15) is 5.54 Å². The second kappa shape index (κ2) is 9.58. The summed E-state index contributed by atoms with van der Waals surface area (Å²) in [6.07, 6.45) is 1.59. The topological polar surface area (TPSA) is 81.7 Å². The molecule has 0 unspecified atom stereocenters. The van der Waals surface area contributed by atoms with Gasteiger partial charge in [-0.2, -0.15) is 0 Å². The largest absolute Gasteiger partial charge is 0.480 e. The minimum Gasteiger partial charge on any atom is -0.480 e. The summed E-state index contributed by atoms with van der Waals surface area (Å²) in [5.74, 6) is -0.985. The molecule has 6 heteroatoms. The molecule has 20 heavy (non-hydrogen) atoms. The van der Waals surface area contributed by atoms with Crippen LogP contribution in [0.1, 0.15) is 47.0 Å². The summed E-state index contributed by atoms with van der Waals surface area (Å²) in [7, 11) is 0. The second-order valence-electron chi connectivity index (χ2n) is 4.86. The number of carboxylic acid groups (broad SMARTS) is 1. The summed E-state index contributed by atoms with van der Waals surface area (Å²) in [6.45, 7) is 11.2. The van der Waals surface area contributed by atoms with Crippen molar-refractivity contribution in [1.82, 2.24) is 15.5 Å². The van der Waals surface area contributed by atoms with Gasteiger partial charge in [-0.3, -0.25) is 0 Å². The number of urea groups is 1. The Bertz CT molecular complexity index is 300. The minimum absolute atomic E-state index is 0.367. The first-order valence-electron chi connectivity index (χ1n) is 7.47. The third-order valence-electron chi connectivity index (χ3n) is 3.80. The third kappa shape index (κ3) is 5.77. The first-order valence-corrected chi connectivity index (χ1v) is 7.47. The lowest BCUT2D eigenvalue weighted by atomic mass is 9.93. The molecule has 0 spiro atoms. The van der Waals surface area contributed by atoms with Crippen molar-refractivity contribution in [3.63, 3.8) is 0 Å². The molecule has 118 valence electrons. The Morgan fingerprint density at radius 1 is 1.10 bits per heavy atom. The third-order valence-corrected chi connectivity index (χ3v) is 3.80. The first-order chi connectivity index (χ1) is 9.45. The Balaban J connectivity index is 4.13. The summed E-state index contributed by atoms with van der Waals surface area (Å²) in [5.41, 5.74) is -1.16. The normalized spacial score (nSPS) is 11.4. The maximum absolute atomic E-state index is 11.8. The number of hydrogen-bond donors (Lipinski definition) is 3. The average molecular weight is 287 g/mol. The van der Waals surface area contributed by atoms with Crippen molar-refractivity contribution in [1.29, 1.82) is 0 Å². The summed E-state index contributed by atoms with van der Waals surface area (Å²) in [6, 6.07) is -0.407. The first kappa shape index (κ1) is 18.7. The standard InChI is InChI=1S/C14H29N3O3/c1-5-14(6-2,12(18)19)16-13(20)15-10-9-11-17(7-3)8-4/h5-11H2,1-4H3,(H,18,19)(H2,15,16,20). The predicted octanol–water partition coefficient (Wildman–Crippen LogP) is 1.66. The number of nitrogens with one attached hydrogen (secondary N) is 2. The van der Waals surface area contributed by atoms with Crippen LogP contribution in [0.3, 0.4) is 0 Å². The van der Waals surface area contributed by atoms with Crippen molar-refractivity contribution in [3.05, 3.63) is 0 Å². The number of amides is 2. The molecule has 0 saturated heterocycles.